The van der Waals surface area contributed by atoms with Crippen molar-refractivity contribution in [2.24, 2.45) is 12.5 Å². The topological polar surface area (TPSA) is 39.1 Å². The van der Waals surface area contributed by atoms with Gasteiger partial charge in [-0.2, -0.15) is 0 Å². The Morgan fingerprint density at radius 2 is 2.24 bits per heavy atom. The first kappa shape index (κ1) is 14.2. The van der Waals surface area contributed by atoms with Crippen molar-refractivity contribution in [2.75, 3.05) is 26.8 Å². The lowest BCUT2D eigenvalue weighted by Gasteiger charge is -2.24. The first-order chi connectivity index (χ1) is 8.05. The smallest absolute Gasteiger partial charge is 0.109 e. The fourth-order valence-electron chi connectivity index (χ4n) is 1.73. The summed E-state index contributed by atoms with van der Waals surface area (Å²) < 4.78 is 7.18. The maximum Gasteiger partial charge on any atom is 0.109 e. The molecule has 1 rings (SSSR count). The number of hydrogen-bond donors (Lipinski definition) is 1. The molecule has 1 aromatic rings. The van der Waals surface area contributed by atoms with Crippen molar-refractivity contribution in [3.05, 3.63) is 18.2 Å². The maximum atomic E-state index is 5.12. The van der Waals surface area contributed by atoms with Crippen LogP contribution in [0.2, 0.25) is 0 Å². The van der Waals surface area contributed by atoms with Gasteiger partial charge in [0.05, 0.1) is 0 Å². The molecule has 4 heteroatoms. The average Bonchev–Trinajstić information content (AvgIpc) is 2.68. The third kappa shape index (κ3) is 5.33. The summed E-state index contributed by atoms with van der Waals surface area (Å²) in [6, 6.07) is 0. The minimum Gasteiger partial charge on any atom is -0.385 e. The van der Waals surface area contributed by atoms with E-state index < -0.39 is 0 Å². The molecule has 17 heavy (non-hydrogen) atoms. The molecule has 4 nitrogen and oxygen atoms in total. The van der Waals surface area contributed by atoms with E-state index in [1.165, 1.54) is 0 Å². The summed E-state index contributed by atoms with van der Waals surface area (Å²) in [7, 11) is 3.79. The Labute approximate surface area is 104 Å². The Kier molecular flexibility index (Phi) is 5.65. The van der Waals surface area contributed by atoms with Gasteiger partial charge in [0.1, 0.15) is 5.82 Å². The van der Waals surface area contributed by atoms with E-state index >= 15 is 0 Å². The highest BCUT2D eigenvalue weighted by molar-refractivity contribution is 4.91. The van der Waals surface area contributed by atoms with Gasteiger partial charge in [-0.25, -0.2) is 4.98 Å². The molecule has 0 amide bonds. The van der Waals surface area contributed by atoms with Gasteiger partial charge in [0.25, 0.3) is 0 Å². The standard InChI is InChI=1S/C13H25N3O/c1-13(2,6-10-17-4)11-14-7-5-12-15-8-9-16(12)3/h8-9,14H,5-7,10-11H2,1-4H3. The van der Waals surface area contributed by atoms with Crippen LogP contribution in [0, 0.1) is 5.41 Å². The Bertz CT molecular complexity index is 320. The summed E-state index contributed by atoms with van der Waals surface area (Å²) in [6.45, 7) is 7.34. The summed E-state index contributed by atoms with van der Waals surface area (Å²) in [5, 5.41) is 3.49. The molecule has 0 aliphatic rings. The summed E-state index contributed by atoms with van der Waals surface area (Å²) in [4.78, 5) is 4.30. The number of aryl methyl sites for hydroxylation is 1. The van der Waals surface area contributed by atoms with Crippen molar-refractivity contribution < 1.29 is 4.74 Å². The third-order valence-corrected chi connectivity index (χ3v) is 3.03. The van der Waals surface area contributed by atoms with E-state index in [0.717, 1.165) is 38.4 Å². The summed E-state index contributed by atoms with van der Waals surface area (Å²) in [5.74, 6) is 1.13. The minimum atomic E-state index is 0.289. The predicted octanol–water partition coefficient (Wildman–Crippen LogP) is 1.61. The third-order valence-electron chi connectivity index (χ3n) is 3.03. The molecule has 0 aliphatic heterocycles. The molecule has 0 atom stereocenters. The van der Waals surface area contributed by atoms with Gasteiger partial charge in [-0.1, -0.05) is 13.8 Å². The zero-order valence-corrected chi connectivity index (χ0v) is 11.5. The summed E-state index contributed by atoms with van der Waals surface area (Å²) in [5.41, 5.74) is 0.289. The van der Waals surface area contributed by atoms with E-state index in [9.17, 15) is 0 Å². The maximum absolute atomic E-state index is 5.12. The number of nitrogens with one attached hydrogen (secondary N) is 1. The lowest BCUT2D eigenvalue weighted by molar-refractivity contribution is 0.151. The van der Waals surface area contributed by atoms with Crippen molar-refractivity contribution >= 4 is 0 Å². The number of nitrogens with zero attached hydrogens (tertiary/aromatic N) is 2. The molecule has 98 valence electrons. The van der Waals surface area contributed by atoms with Gasteiger partial charge in [-0.15, -0.1) is 0 Å². The van der Waals surface area contributed by atoms with Crippen LogP contribution in [0.4, 0.5) is 0 Å². The van der Waals surface area contributed by atoms with Crippen molar-refractivity contribution in [3.8, 4) is 0 Å². The Balaban J connectivity index is 2.17. The second-order valence-electron chi connectivity index (χ2n) is 5.29. The van der Waals surface area contributed by atoms with Gasteiger partial charge in [0.15, 0.2) is 0 Å². The van der Waals surface area contributed by atoms with Crippen LogP contribution < -0.4 is 5.32 Å². The van der Waals surface area contributed by atoms with Crippen LogP contribution in [0.3, 0.4) is 0 Å². The minimum absolute atomic E-state index is 0.289. The molecule has 0 bridgehead atoms. The van der Waals surface area contributed by atoms with Crippen molar-refractivity contribution in [3.63, 3.8) is 0 Å². The van der Waals surface area contributed by atoms with Crippen molar-refractivity contribution in [1.29, 1.82) is 0 Å². The van der Waals surface area contributed by atoms with E-state index in [1.54, 1.807) is 7.11 Å². The van der Waals surface area contributed by atoms with Crippen LogP contribution in [0.25, 0.3) is 0 Å². The highest BCUT2D eigenvalue weighted by atomic mass is 16.5. The molecule has 0 aliphatic carbocycles. The lowest BCUT2D eigenvalue weighted by Crippen LogP contribution is -2.32. The lowest BCUT2D eigenvalue weighted by atomic mass is 9.90. The van der Waals surface area contributed by atoms with Gasteiger partial charge in [0.2, 0.25) is 0 Å². The van der Waals surface area contributed by atoms with Gasteiger partial charge in [-0.05, 0) is 11.8 Å². The molecule has 0 spiro atoms. The molecule has 1 heterocycles. The molecule has 0 aromatic carbocycles. The van der Waals surface area contributed by atoms with Gasteiger partial charge in [-0.3, -0.25) is 0 Å². The van der Waals surface area contributed by atoms with Crippen LogP contribution in [-0.2, 0) is 18.2 Å². The Morgan fingerprint density at radius 3 is 2.82 bits per heavy atom. The molecule has 0 fully saturated rings. The molecule has 0 unspecified atom stereocenters. The quantitative estimate of drug-likeness (QED) is 0.701. The fraction of sp³-hybridized carbons (Fsp3) is 0.769. The van der Waals surface area contributed by atoms with E-state index in [4.69, 9.17) is 4.74 Å². The SMILES string of the molecule is COCCC(C)(C)CNCCc1nccn1C. The number of ether oxygens (including phenoxy) is 1. The van der Waals surface area contributed by atoms with Crippen LogP contribution in [0.5, 0.6) is 0 Å². The van der Waals surface area contributed by atoms with Crippen LogP contribution >= 0.6 is 0 Å². The summed E-state index contributed by atoms with van der Waals surface area (Å²) in [6.07, 6.45) is 5.89. The Hall–Kier alpha value is -0.870. The van der Waals surface area contributed by atoms with Gasteiger partial charge < -0.3 is 14.6 Å². The second kappa shape index (κ2) is 6.77. The van der Waals surface area contributed by atoms with Gasteiger partial charge >= 0.3 is 0 Å². The highest BCUT2D eigenvalue weighted by Crippen LogP contribution is 2.18. The van der Waals surface area contributed by atoms with E-state index in [-0.39, 0.29) is 5.41 Å². The molecular formula is C13H25N3O. The zero-order chi connectivity index (χ0) is 12.7. The molecule has 1 N–H and O–H groups in total. The van der Waals surface area contributed by atoms with E-state index in [2.05, 4.69) is 28.7 Å². The number of methoxy groups -OCH3 is 1. The fourth-order valence-corrected chi connectivity index (χ4v) is 1.73. The normalized spacial score (nSPS) is 12.0. The summed E-state index contributed by atoms with van der Waals surface area (Å²) >= 11 is 0. The first-order valence-electron chi connectivity index (χ1n) is 6.21. The molecular weight excluding hydrogens is 214 g/mol. The largest absolute Gasteiger partial charge is 0.385 e. The van der Waals surface area contributed by atoms with Crippen molar-refractivity contribution in [1.82, 2.24) is 14.9 Å². The Morgan fingerprint density at radius 1 is 1.47 bits per heavy atom. The van der Waals surface area contributed by atoms with E-state index in [1.807, 2.05) is 19.4 Å². The molecule has 0 radical (unpaired) electrons. The van der Waals surface area contributed by atoms with E-state index in [0.29, 0.717) is 0 Å². The van der Waals surface area contributed by atoms with Gasteiger partial charge in [0, 0.05) is 52.7 Å². The molecule has 1 aromatic heterocycles. The monoisotopic (exact) mass is 239 g/mol. The molecule has 0 saturated carbocycles. The van der Waals surface area contributed by atoms with Crippen molar-refractivity contribution in [2.45, 2.75) is 26.7 Å². The molecule has 0 saturated heterocycles. The number of hydrogen-bond acceptors (Lipinski definition) is 3. The number of aromatic nitrogens is 2. The number of imidazole rings is 1. The predicted molar refractivity (Wildman–Crippen MR) is 70.1 cm³/mol. The van der Waals surface area contributed by atoms with Crippen LogP contribution in [0.1, 0.15) is 26.1 Å². The zero-order valence-electron chi connectivity index (χ0n) is 11.5. The average molecular weight is 239 g/mol. The second-order valence-corrected chi connectivity index (χ2v) is 5.29. The highest BCUT2D eigenvalue weighted by Gasteiger charge is 2.16. The van der Waals surface area contributed by atoms with Crippen LogP contribution in [0.15, 0.2) is 12.4 Å². The number of rotatable bonds is 8. The first-order valence-corrected chi connectivity index (χ1v) is 6.21. The van der Waals surface area contributed by atoms with Crippen LogP contribution in [-0.4, -0.2) is 36.4 Å².